The molecule has 1 aliphatic heterocycles. The lowest BCUT2D eigenvalue weighted by Crippen LogP contribution is -2.33. The van der Waals surface area contributed by atoms with E-state index in [0.29, 0.717) is 25.5 Å². The maximum absolute atomic E-state index is 11.4. The van der Waals surface area contributed by atoms with Gasteiger partial charge in [0.05, 0.1) is 19.8 Å². The zero-order chi connectivity index (χ0) is 13.9. The van der Waals surface area contributed by atoms with Crippen molar-refractivity contribution in [2.45, 2.75) is 18.2 Å². The summed E-state index contributed by atoms with van der Waals surface area (Å²) in [5.41, 5.74) is 0.534. The Labute approximate surface area is 111 Å². The van der Waals surface area contributed by atoms with E-state index in [0.717, 1.165) is 6.26 Å². The molecule has 1 aromatic rings. The first-order valence-electron chi connectivity index (χ1n) is 5.83. The highest BCUT2D eigenvalue weighted by atomic mass is 32.2. The minimum absolute atomic E-state index is 0.161. The lowest BCUT2D eigenvalue weighted by Gasteiger charge is -2.22. The average Bonchev–Trinajstić information content (AvgIpc) is 2.36. The van der Waals surface area contributed by atoms with Gasteiger partial charge in [0.2, 0.25) is 20.9 Å². The van der Waals surface area contributed by atoms with Gasteiger partial charge in [0.25, 0.3) is 0 Å². The number of aromatic nitrogens is 2. The average molecular weight is 288 g/mol. The van der Waals surface area contributed by atoms with E-state index >= 15 is 0 Å². The molecule has 7 nitrogen and oxygen atoms in total. The molecule has 0 N–H and O–H groups in total. The molecule has 1 atom stereocenters. The molecule has 19 heavy (non-hydrogen) atoms. The van der Waals surface area contributed by atoms with Crippen molar-refractivity contribution in [3.8, 4) is 5.88 Å². The maximum Gasteiger partial charge on any atom is 0.250 e. The van der Waals surface area contributed by atoms with Crippen LogP contribution in [0.25, 0.3) is 0 Å². The lowest BCUT2D eigenvalue weighted by molar-refractivity contribution is -0.102. The van der Waals surface area contributed by atoms with Crippen molar-refractivity contribution in [2.75, 3.05) is 32.7 Å². The zero-order valence-corrected chi connectivity index (χ0v) is 11.6. The van der Waals surface area contributed by atoms with Gasteiger partial charge in [-0.15, -0.1) is 0 Å². The van der Waals surface area contributed by atoms with E-state index in [-0.39, 0.29) is 23.7 Å². The fraction of sp³-hybridized carbons (Fsp3) is 0.636. The molecule has 1 aromatic heterocycles. The Morgan fingerprint density at radius 2 is 2.21 bits per heavy atom. The molecule has 0 aromatic carbocycles. The Balaban J connectivity index is 2.05. The van der Waals surface area contributed by atoms with Crippen LogP contribution >= 0.6 is 0 Å². The molecule has 0 bridgehead atoms. The normalized spacial score (nSPS) is 20.2. The molecular formula is C11H16N2O5S. The fourth-order valence-corrected chi connectivity index (χ4v) is 2.13. The van der Waals surface area contributed by atoms with Crippen LogP contribution in [0.4, 0.5) is 0 Å². The minimum Gasteiger partial charge on any atom is -0.475 e. The summed E-state index contributed by atoms with van der Waals surface area (Å²) in [5, 5.41) is -0.233. The maximum atomic E-state index is 11.4. The smallest absolute Gasteiger partial charge is 0.250 e. The standard InChI is InChI=1S/C11H16N2O5S/c1-8-5-10(13-11(12-8)19(2,14)15)18-7-9-6-16-3-4-17-9/h5,9H,3-4,6-7H2,1-2H3. The summed E-state index contributed by atoms with van der Waals surface area (Å²) >= 11 is 0. The summed E-state index contributed by atoms with van der Waals surface area (Å²) in [5.74, 6) is 0.224. The SMILES string of the molecule is Cc1cc(OCC2COCCO2)nc(S(C)(=O)=O)n1. The molecule has 1 fully saturated rings. The molecule has 0 saturated carbocycles. The van der Waals surface area contributed by atoms with Crippen LogP contribution < -0.4 is 4.74 Å². The quantitative estimate of drug-likeness (QED) is 0.720. The number of sulfone groups is 1. The Hall–Kier alpha value is -1.25. The van der Waals surface area contributed by atoms with E-state index in [4.69, 9.17) is 14.2 Å². The molecule has 106 valence electrons. The Morgan fingerprint density at radius 3 is 2.84 bits per heavy atom. The second-order valence-corrected chi connectivity index (χ2v) is 6.19. The highest BCUT2D eigenvalue weighted by Gasteiger charge is 2.17. The molecule has 0 spiro atoms. The van der Waals surface area contributed by atoms with E-state index in [1.165, 1.54) is 0 Å². The van der Waals surface area contributed by atoms with Crippen LogP contribution in [-0.4, -0.2) is 57.2 Å². The van der Waals surface area contributed by atoms with Gasteiger partial charge >= 0.3 is 0 Å². The first-order chi connectivity index (χ1) is 8.95. The summed E-state index contributed by atoms with van der Waals surface area (Å²) in [6.45, 7) is 3.53. The van der Waals surface area contributed by atoms with E-state index in [1.807, 2.05) is 0 Å². The van der Waals surface area contributed by atoms with E-state index in [2.05, 4.69) is 9.97 Å². The molecule has 2 heterocycles. The van der Waals surface area contributed by atoms with Gasteiger partial charge in [0.1, 0.15) is 12.7 Å². The Kier molecular flexibility index (Phi) is 4.33. The number of rotatable bonds is 4. The zero-order valence-electron chi connectivity index (χ0n) is 10.8. The number of aryl methyl sites for hydroxylation is 1. The molecule has 0 aliphatic carbocycles. The van der Waals surface area contributed by atoms with Gasteiger partial charge in [-0.3, -0.25) is 0 Å². The van der Waals surface area contributed by atoms with Gasteiger partial charge in [0.15, 0.2) is 0 Å². The van der Waals surface area contributed by atoms with Crippen LogP contribution in [0.15, 0.2) is 11.2 Å². The molecule has 0 radical (unpaired) electrons. The fourth-order valence-electron chi connectivity index (χ4n) is 1.56. The van der Waals surface area contributed by atoms with Crippen molar-refractivity contribution in [3.05, 3.63) is 11.8 Å². The molecule has 8 heteroatoms. The highest BCUT2D eigenvalue weighted by Crippen LogP contribution is 2.13. The Bertz CT molecular complexity index is 540. The molecule has 2 rings (SSSR count). The lowest BCUT2D eigenvalue weighted by atomic mass is 10.4. The number of hydrogen-bond donors (Lipinski definition) is 0. The third kappa shape index (κ3) is 4.12. The first kappa shape index (κ1) is 14.2. The molecule has 1 saturated heterocycles. The minimum atomic E-state index is -3.45. The summed E-state index contributed by atoms with van der Waals surface area (Å²) in [6.07, 6.45) is 0.898. The molecular weight excluding hydrogens is 272 g/mol. The topological polar surface area (TPSA) is 87.6 Å². The van der Waals surface area contributed by atoms with Crippen molar-refractivity contribution in [2.24, 2.45) is 0 Å². The number of nitrogens with zero attached hydrogens (tertiary/aromatic N) is 2. The van der Waals surface area contributed by atoms with Gasteiger partial charge < -0.3 is 14.2 Å². The monoisotopic (exact) mass is 288 g/mol. The van der Waals surface area contributed by atoms with Crippen molar-refractivity contribution in [3.63, 3.8) is 0 Å². The highest BCUT2D eigenvalue weighted by molar-refractivity contribution is 7.90. The number of ether oxygens (including phenoxy) is 3. The third-order valence-electron chi connectivity index (χ3n) is 2.44. The van der Waals surface area contributed by atoms with Crippen molar-refractivity contribution < 1.29 is 22.6 Å². The van der Waals surface area contributed by atoms with Gasteiger partial charge in [-0.2, -0.15) is 4.98 Å². The number of hydrogen-bond acceptors (Lipinski definition) is 7. The molecule has 1 aliphatic rings. The predicted octanol–water partition coefficient (Wildman–Crippen LogP) is -0.0173. The third-order valence-corrected chi connectivity index (χ3v) is 3.29. The van der Waals surface area contributed by atoms with Gasteiger partial charge in [-0.05, 0) is 6.92 Å². The first-order valence-corrected chi connectivity index (χ1v) is 7.72. The van der Waals surface area contributed by atoms with Crippen LogP contribution in [0, 0.1) is 6.92 Å². The molecule has 1 unspecified atom stereocenters. The van der Waals surface area contributed by atoms with Crippen LogP contribution in [0.3, 0.4) is 0 Å². The van der Waals surface area contributed by atoms with E-state index in [9.17, 15) is 8.42 Å². The largest absolute Gasteiger partial charge is 0.475 e. The summed E-state index contributed by atoms with van der Waals surface area (Å²) in [6, 6.07) is 1.58. The van der Waals surface area contributed by atoms with Crippen LogP contribution in [-0.2, 0) is 19.3 Å². The summed E-state index contributed by atoms with van der Waals surface area (Å²) in [7, 11) is -3.45. The predicted molar refractivity (Wildman–Crippen MR) is 65.9 cm³/mol. The molecule has 0 amide bonds. The second kappa shape index (κ2) is 5.81. The van der Waals surface area contributed by atoms with Crippen LogP contribution in [0.5, 0.6) is 5.88 Å². The van der Waals surface area contributed by atoms with Crippen LogP contribution in [0.1, 0.15) is 5.69 Å². The summed E-state index contributed by atoms with van der Waals surface area (Å²) < 4.78 is 38.9. The van der Waals surface area contributed by atoms with E-state index in [1.54, 1.807) is 13.0 Å². The van der Waals surface area contributed by atoms with Crippen molar-refractivity contribution >= 4 is 9.84 Å². The van der Waals surface area contributed by atoms with Crippen molar-refractivity contribution in [1.82, 2.24) is 9.97 Å². The van der Waals surface area contributed by atoms with Gasteiger partial charge in [-0.25, -0.2) is 13.4 Å². The van der Waals surface area contributed by atoms with Gasteiger partial charge in [0, 0.05) is 18.0 Å². The van der Waals surface area contributed by atoms with Crippen LogP contribution in [0.2, 0.25) is 0 Å². The van der Waals surface area contributed by atoms with Crippen molar-refractivity contribution in [1.29, 1.82) is 0 Å². The Morgan fingerprint density at radius 1 is 1.42 bits per heavy atom. The van der Waals surface area contributed by atoms with E-state index < -0.39 is 9.84 Å². The van der Waals surface area contributed by atoms with Gasteiger partial charge in [-0.1, -0.05) is 0 Å². The second-order valence-electron chi connectivity index (χ2n) is 4.28. The summed E-state index contributed by atoms with van der Waals surface area (Å²) in [4.78, 5) is 7.74.